The summed E-state index contributed by atoms with van der Waals surface area (Å²) >= 11 is 0. The molecule has 14 heavy (non-hydrogen) atoms. The topological polar surface area (TPSA) is 96.0 Å². The summed E-state index contributed by atoms with van der Waals surface area (Å²) < 4.78 is 25.2. The molecule has 0 aliphatic carbocycles. The lowest BCUT2D eigenvalue weighted by molar-refractivity contribution is 0.490. The van der Waals surface area contributed by atoms with Crippen molar-refractivity contribution < 1.29 is 8.42 Å². The van der Waals surface area contributed by atoms with Crippen LogP contribution in [0.15, 0.2) is 0 Å². The van der Waals surface area contributed by atoms with E-state index in [1.807, 2.05) is 0 Å². The highest BCUT2D eigenvalue weighted by molar-refractivity contribution is 7.90. The van der Waals surface area contributed by atoms with E-state index in [0.29, 0.717) is 0 Å². The first-order chi connectivity index (χ1) is 6.09. The minimum atomic E-state index is -3.27. The summed E-state index contributed by atoms with van der Waals surface area (Å²) in [5.41, 5.74) is 4.69. The summed E-state index contributed by atoms with van der Waals surface area (Å²) in [5, 5.41) is 6.79. The number of sulfonamides is 1. The van der Waals surface area contributed by atoms with Crippen LogP contribution in [0.4, 0.5) is 0 Å². The molecule has 0 radical (unpaired) electrons. The minimum Gasteiger partial charge on any atom is -0.387 e. The number of nitrogens with two attached hydrogens (primary N) is 1. The van der Waals surface area contributed by atoms with Gasteiger partial charge in [0.15, 0.2) is 0 Å². The minimum absolute atomic E-state index is 0.0241. The monoisotopic (exact) mass is 221 g/mol. The predicted octanol–water partition coefficient (Wildman–Crippen LogP) is 0.276. The van der Waals surface area contributed by atoms with Crippen LogP contribution in [-0.4, -0.2) is 26.0 Å². The summed E-state index contributed by atoms with van der Waals surface area (Å²) in [7, 11) is -3.27. The lowest BCUT2D eigenvalue weighted by Gasteiger charge is -2.23. The van der Waals surface area contributed by atoms with Gasteiger partial charge >= 0.3 is 0 Å². The lowest BCUT2D eigenvalue weighted by Crippen LogP contribution is -2.43. The molecule has 6 heteroatoms. The lowest BCUT2D eigenvalue weighted by atomic mass is 9.93. The molecule has 5 nitrogen and oxygen atoms in total. The third-order valence-corrected chi connectivity index (χ3v) is 3.85. The van der Waals surface area contributed by atoms with Crippen molar-refractivity contribution >= 4 is 15.9 Å². The van der Waals surface area contributed by atoms with Gasteiger partial charge in [0.05, 0.1) is 11.1 Å². The van der Waals surface area contributed by atoms with E-state index in [9.17, 15) is 8.42 Å². The van der Waals surface area contributed by atoms with Gasteiger partial charge in [-0.05, 0) is 13.8 Å². The largest absolute Gasteiger partial charge is 0.387 e. The van der Waals surface area contributed by atoms with E-state index < -0.39 is 20.7 Å². The Bertz CT molecular complexity index is 307. The Morgan fingerprint density at radius 3 is 2.21 bits per heavy atom. The van der Waals surface area contributed by atoms with E-state index in [0.717, 1.165) is 0 Å². The van der Waals surface area contributed by atoms with Crippen molar-refractivity contribution in [3.63, 3.8) is 0 Å². The number of hydrogen-bond acceptors (Lipinski definition) is 3. The maximum Gasteiger partial charge on any atom is 0.213 e. The molecule has 0 saturated heterocycles. The second-order valence-corrected chi connectivity index (χ2v) is 6.53. The molecule has 4 N–H and O–H groups in total. The zero-order valence-corrected chi connectivity index (χ0v) is 9.90. The molecule has 0 amide bonds. The molecule has 0 aliphatic heterocycles. The van der Waals surface area contributed by atoms with Crippen LogP contribution >= 0.6 is 0 Å². The van der Waals surface area contributed by atoms with Gasteiger partial charge < -0.3 is 5.73 Å². The van der Waals surface area contributed by atoms with Gasteiger partial charge in [0, 0.05) is 12.0 Å². The summed E-state index contributed by atoms with van der Waals surface area (Å²) in [6, 6.07) is 0. The van der Waals surface area contributed by atoms with Gasteiger partial charge in [0.2, 0.25) is 10.0 Å². The van der Waals surface area contributed by atoms with Gasteiger partial charge in [-0.1, -0.05) is 13.8 Å². The van der Waals surface area contributed by atoms with Gasteiger partial charge in [-0.25, -0.2) is 13.1 Å². The summed E-state index contributed by atoms with van der Waals surface area (Å²) in [5.74, 6) is -0.0241. The van der Waals surface area contributed by atoms with E-state index >= 15 is 0 Å². The Morgan fingerprint density at radius 2 is 1.93 bits per heavy atom. The molecule has 0 aromatic heterocycles. The second-order valence-electron chi connectivity index (χ2n) is 4.21. The zero-order chi connectivity index (χ0) is 11.6. The van der Waals surface area contributed by atoms with Crippen LogP contribution in [0.5, 0.6) is 0 Å². The Labute approximate surface area is 85.6 Å². The van der Waals surface area contributed by atoms with Crippen molar-refractivity contribution in [3.8, 4) is 0 Å². The van der Waals surface area contributed by atoms with Crippen molar-refractivity contribution in [1.29, 1.82) is 5.41 Å². The Balaban J connectivity index is 4.41. The quantitative estimate of drug-likeness (QED) is 0.459. The molecule has 0 bridgehead atoms. The third-order valence-electron chi connectivity index (χ3n) is 2.07. The van der Waals surface area contributed by atoms with E-state index in [-0.39, 0.29) is 12.4 Å². The standard InChI is InChI=1S/C8H19N3O2S/c1-6(2)14(12,13)11-5-8(3,4)7(9)10/h6,11H,5H2,1-4H3,(H3,9,10). The van der Waals surface area contributed by atoms with Crippen LogP contribution in [0.1, 0.15) is 27.7 Å². The fourth-order valence-electron chi connectivity index (χ4n) is 0.543. The van der Waals surface area contributed by atoms with Crippen LogP contribution in [0.25, 0.3) is 0 Å². The van der Waals surface area contributed by atoms with Crippen LogP contribution < -0.4 is 10.5 Å². The summed E-state index contributed by atoms with van der Waals surface area (Å²) in [4.78, 5) is 0. The van der Waals surface area contributed by atoms with Gasteiger partial charge in [-0.15, -0.1) is 0 Å². The van der Waals surface area contributed by atoms with E-state index in [1.54, 1.807) is 27.7 Å². The fraction of sp³-hybridized carbons (Fsp3) is 0.875. The molecule has 0 rings (SSSR count). The molecule has 0 aromatic carbocycles. The van der Waals surface area contributed by atoms with Crippen LogP contribution in [0.3, 0.4) is 0 Å². The van der Waals surface area contributed by atoms with Crippen molar-refractivity contribution in [2.75, 3.05) is 6.54 Å². The van der Waals surface area contributed by atoms with Crippen molar-refractivity contribution in [3.05, 3.63) is 0 Å². The highest BCUT2D eigenvalue weighted by Crippen LogP contribution is 2.13. The summed E-state index contributed by atoms with van der Waals surface area (Å²) in [6.07, 6.45) is 0. The fourth-order valence-corrected chi connectivity index (χ4v) is 1.44. The maximum atomic E-state index is 11.4. The van der Waals surface area contributed by atoms with Gasteiger partial charge in [0.25, 0.3) is 0 Å². The van der Waals surface area contributed by atoms with Gasteiger partial charge in [0.1, 0.15) is 0 Å². The Morgan fingerprint density at radius 1 is 1.50 bits per heavy atom. The average molecular weight is 221 g/mol. The first-order valence-corrected chi connectivity index (χ1v) is 5.97. The zero-order valence-electron chi connectivity index (χ0n) is 9.09. The van der Waals surface area contributed by atoms with E-state index in [2.05, 4.69) is 4.72 Å². The van der Waals surface area contributed by atoms with Crippen molar-refractivity contribution in [2.45, 2.75) is 32.9 Å². The van der Waals surface area contributed by atoms with Crippen LogP contribution in [-0.2, 0) is 10.0 Å². The van der Waals surface area contributed by atoms with Crippen molar-refractivity contribution in [2.24, 2.45) is 11.1 Å². The SMILES string of the molecule is CC(C)S(=O)(=O)NCC(C)(C)C(=N)N. The highest BCUT2D eigenvalue weighted by atomic mass is 32.2. The second kappa shape index (κ2) is 4.27. The molecule has 84 valence electrons. The Hall–Kier alpha value is -0.620. The molecular weight excluding hydrogens is 202 g/mol. The smallest absolute Gasteiger partial charge is 0.213 e. The summed E-state index contributed by atoms with van der Waals surface area (Å²) in [6.45, 7) is 6.80. The Kier molecular flexibility index (Phi) is 4.08. The number of amidine groups is 1. The number of rotatable bonds is 5. The van der Waals surface area contributed by atoms with Crippen LogP contribution in [0, 0.1) is 10.8 Å². The first kappa shape index (κ1) is 13.4. The van der Waals surface area contributed by atoms with E-state index in [4.69, 9.17) is 11.1 Å². The van der Waals surface area contributed by atoms with E-state index in [1.165, 1.54) is 0 Å². The maximum absolute atomic E-state index is 11.4. The molecule has 0 unspecified atom stereocenters. The molecule has 0 heterocycles. The normalized spacial score (nSPS) is 13.2. The third kappa shape index (κ3) is 3.63. The van der Waals surface area contributed by atoms with Gasteiger partial charge in [-0.3, -0.25) is 5.41 Å². The molecule has 0 aromatic rings. The van der Waals surface area contributed by atoms with Gasteiger partial charge in [-0.2, -0.15) is 0 Å². The first-order valence-electron chi connectivity index (χ1n) is 4.42. The van der Waals surface area contributed by atoms with Crippen LogP contribution in [0.2, 0.25) is 0 Å². The molecular formula is C8H19N3O2S. The predicted molar refractivity (Wildman–Crippen MR) is 57.8 cm³/mol. The molecule has 0 atom stereocenters. The number of nitrogens with one attached hydrogen (secondary N) is 2. The molecule has 0 spiro atoms. The molecule has 0 saturated carbocycles. The van der Waals surface area contributed by atoms with Crippen molar-refractivity contribution in [1.82, 2.24) is 4.72 Å². The molecule has 0 fully saturated rings. The average Bonchev–Trinajstić information content (AvgIpc) is 2.01. The highest BCUT2D eigenvalue weighted by Gasteiger charge is 2.25. The molecule has 0 aliphatic rings. The number of hydrogen-bond donors (Lipinski definition) is 3.